The summed E-state index contributed by atoms with van der Waals surface area (Å²) in [6, 6.07) is 0. The van der Waals surface area contributed by atoms with E-state index in [-0.39, 0.29) is 52.1 Å². The fourth-order valence-corrected chi connectivity index (χ4v) is 3.76. The van der Waals surface area contributed by atoms with Gasteiger partial charge in [-0.2, -0.15) is 0 Å². The molecule has 0 spiro atoms. The van der Waals surface area contributed by atoms with Crippen molar-refractivity contribution >= 4 is 0 Å². The van der Waals surface area contributed by atoms with Gasteiger partial charge in [0.2, 0.25) is 0 Å². The van der Waals surface area contributed by atoms with Crippen LogP contribution in [0.25, 0.3) is 0 Å². The van der Waals surface area contributed by atoms with Gasteiger partial charge in [-0.1, -0.05) is 48.6 Å². The molecule has 206 valence electrons. The van der Waals surface area contributed by atoms with Gasteiger partial charge in [0.15, 0.2) is 0 Å². The summed E-state index contributed by atoms with van der Waals surface area (Å²) in [4.78, 5) is 77.3. The molecule has 0 radical (unpaired) electrons. The molecular formula is C26H36N6O6. The van der Waals surface area contributed by atoms with Crippen molar-refractivity contribution in [1.82, 2.24) is 27.4 Å². The Labute approximate surface area is 219 Å². The van der Waals surface area contributed by atoms with Gasteiger partial charge >= 0.3 is 34.1 Å². The monoisotopic (exact) mass is 528 g/mol. The van der Waals surface area contributed by atoms with Gasteiger partial charge in [0.05, 0.1) is 26.2 Å². The number of unbranched alkanes of at least 4 members (excludes halogenated alkanes) is 1. The molecular weight excluding hydrogens is 492 g/mol. The molecule has 0 aliphatic heterocycles. The number of hydrogen-bond donors (Lipinski definition) is 0. The molecule has 0 aliphatic carbocycles. The number of allylic oxidation sites excluding steroid dienone is 8. The Kier molecular flexibility index (Phi) is 11.5. The normalized spacial score (nSPS) is 12.2. The molecule has 0 N–H and O–H groups in total. The van der Waals surface area contributed by atoms with Crippen LogP contribution in [0.15, 0.2) is 77.4 Å². The highest BCUT2D eigenvalue weighted by Crippen LogP contribution is 1.94. The molecule has 0 saturated carbocycles. The highest BCUT2D eigenvalue weighted by Gasteiger charge is 2.16. The smallest absolute Gasteiger partial charge is 0.247 e. The first-order valence-electron chi connectivity index (χ1n) is 12.6. The van der Waals surface area contributed by atoms with E-state index in [0.29, 0.717) is 0 Å². The van der Waals surface area contributed by atoms with E-state index in [1.807, 2.05) is 0 Å². The van der Waals surface area contributed by atoms with Crippen LogP contribution in [-0.4, -0.2) is 27.4 Å². The van der Waals surface area contributed by atoms with E-state index in [4.69, 9.17) is 0 Å². The summed E-state index contributed by atoms with van der Waals surface area (Å²) >= 11 is 0. The Morgan fingerprint density at radius 3 is 0.816 bits per heavy atom. The zero-order valence-electron chi connectivity index (χ0n) is 22.4. The van der Waals surface area contributed by atoms with Crippen molar-refractivity contribution in [2.24, 2.45) is 0 Å². The second kappa shape index (κ2) is 14.5. The summed E-state index contributed by atoms with van der Waals surface area (Å²) in [5.41, 5.74) is -4.27. The average molecular weight is 529 g/mol. The van der Waals surface area contributed by atoms with Crippen molar-refractivity contribution in [3.05, 3.63) is 112 Å². The molecule has 2 aromatic rings. The Hall–Kier alpha value is -4.22. The summed E-state index contributed by atoms with van der Waals surface area (Å²) in [5, 5.41) is 0. The van der Waals surface area contributed by atoms with Crippen LogP contribution in [0, 0.1) is 0 Å². The summed E-state index contributed by atoms with van der Waals surface area (Å²) in [6.45, 7) is 7.12. The average Bonchev–Trinajstić information content (AvgIpc) is 2.89. The molecule has 0 atom stereocenters. The fraction of sp³-hybridized carbons (Fsp3) is 0.462. The predicted molar refractivity (Wildman–Crippen MR) is 147 cm³/mol. The first-order chi connectivity index (χ1) is 18.2. The van der Waals surface area contributed by atoms with E-state index in [1.54, 1.807) is 76.3 Å². The summed E-state index contributed by atoms with van der Waals surface area (Å²) in [5.74, 6) is 0. The van der Waals surface area contributed by atoms with E-state index >= 15 is 0 Å². The molecule has 2 heterocycles. The van der Waals surface area contributed by atoms with Crippen molar-refractivity contribution in [2.75, 3.05) is 0 Å². The molecule has 0 bridgehead atoms. The Morgan fingerprint density at radius 2 is 0.605 bits per heavy atom. The van der Waals surface area contributed by atoms with E-state index in [0.717, 1.165) is 27.4 Å². The van der Waals surface area contributed by atoms with E-state index in [1.165, 1.54) is 0 Å². The number of nitrogens with zero attached hydrogens (tertiary/aromatic N) is 6. The second-order valence-corrected chi connectivity index (χ2v) is 8.42. The van der Waals surface area contributed by atoms with Crippen molar-refractivity contribution < 1.29 is 0 Å². The molecule has 12 nitrogen and oxygen atoms in total. The zero-order chi connectivity index (χ0) is 28.2. The fourth-order valence-electron chi connectivity index (χ4n) is 3.76. The highest BCUT2D eigenvalue weighted by atomic mass is 16.2. The zero-order valence-corrected chi connectivity index (χ0v) is 22.4. The molecule has 0 amide bonds. The van der Waals surface area contributed by atoms with Crippen molar-refractivity contribution in [2.45, 2.75) is 79.8 Å². The molecule has 0 aromatic carbocycles. The van der Waals surface area contributed by atoms with Crippen molar-refractivity contribution in [3.8, 4) is 0 Å². The van der Waals surface area contributed by atoms with E-state index in [9.17, 15) is 28.8 Å². The molecule has 2 rings (SSSR count). The van der Waals surface area contributed by atoms with Gasteiger partial charge in [-0.25, -0.2) is 56.2 Å². The standard InChI is InChI=1S/C26H36N6O6/c1-5-9-15-27-21(33)28(16-10-6-2)24(36)31(23(27)35)19-13-14-20-32-25(37)29(17-11-7-3)22(34)30(26(32)38)18-12-8-4/h5-12H,13-20H2,1-4H3/b9-5+,10-6+,11-7+,12-8+. The summed E-state index contributed by atoms with van der Waals surface area (Å²) < 4.78 is 5.96. The van der Waals surface area contributed by atoms with E-state index < -0.39 is 34.1 Å². The molecule has 0 unspecified atom stereocenters. The van der Waals surface area contributed by atoms with Crippen LogP contribution in [0.5, 0.6) is 0 Å². The molecule has 0 aliphatic rings. The Bertz CT molecular complexity index is 1360. The Morgan fingerprint density at radius 1 is 0.395 bits per heavy atom. The molecule has 2 aromatic heterocycles. The Balaban J connectivity index is 2.41. The maximum atomic E-state index is 12.9. The third-order valence-corrected chi connectivity index (χ3v) is 5.88. The summed E-state index contributed by atoms with van der Waals surface area (Å²) in [7, 11) is 0. The SMILES string of the molecule is C/C=C/Cn1c(=O)n(C/C=C/C)c(=O)n(CCCCn2c(=O)n(C/C=C/C)c(=O)n(C/C=C/C)c2=O)c1=O. The first-order valence-corrected chi connectivity index (χ1v) is 12.6. The molecule has 0 fully saturated rings. The van der Waals surface area contributed by atoms with Gasteiger partial charge in [0.25, 0.3) is 0 Å². The van der Waals surface area contributed by atoms with Crippen LogP contribution < -0.4 is 34.1 Å². The minimum atomic E-state index is -0.722. The molecule has 38 heavy (non-hydrogen) atoms. The topological polar surface area (TPSA) is 132 Å². The van der Waals surface area contributed by atoms with E-state index in [2.05, 4.69) is 0 Å². The van der Waals surface area contributed by atoms with Crippen LogP contribution in [-0.2, 0) is 39.3 Å². The lowest BCUT2D eigenvalue weighted by atomic mass is 10.3. The lowest BCUT2D eigenvalue weighted by Gasteiger charge is -2.13. The number of rotatable bonds is 13. The van der Waals surface area contributed by atoms with Crippen LogP contribution in [0.1, 0.15) is 40.5 Å². The van der Waals surface area contributed by atoms with Crippen molar-refractivity contribution in [3.63, 3.8) is 0 Å². The third-order valence-electron chi connectivity index (χ3n) is 5.88. The number of aromatic nitrogens is 6. The predicted octanol–water partition coefficient (Wildman–Crippen LogP) is 0.442. The van der Waals surface area contributed by atoms with Crippen LogP contribution in [0.2, 0.25) is 0 Å². The van der Waals surface area contributed by atoms with Gasteiger partial charge in [0.1, 0.15) is 0 Å². The highest BCUT2D eigenvalue weighted by molar-refractivity contribution is 4.89. The van der Waals surface area contributed by atoms with Gasteiger partial charge in [0, 0.05) is 13.1 Å². The van der Waals surface area contributed by atoms with Crippen molar-refractivity contribution in [1.29, 1.82) is 0 Å². The van der Waals surface area contributed by atoms with Crippen LogP contribution >= 0.6 is 0 Å². The second-order valence-electron chi connectivity index (χ2n) is 8.42. The molecule has 12 heteroatoms. The largest absolute Gasteiger partial charge is 0.336 e. The van der Waals surface area contributed by atoms with Crippen LogP contribution in [0.3, 0.4) is 0 Å². The number of hydrogen-bond acceptors (Lipinski definition) is 6. The maximum Gasteiger partial charge on any atom is 0.336 e. The first kappa shape index (κ1) is 30.0. The summed E-state index contributed by atoms with van der Waals surface area (Å²) in [6.07, 6.45) is 13.9. The van der Waals surface area contributed by atoms with Crippen LogP contribution in [0.4, 0.5) is 0 Å². The lowest BCUT2D eigenvalue weighted by molar-refractivity contribution is 0.431. The lowest BCUT2D eigenvalue weighted by Crippen LogP contribution is -2.54. The minimum absolute atomic E-state index is 0.0106. The maximum absolute atomic E-state index is 12.9. The third kappa shape index (κ3) is 6.75. The molecule has 0 saturated heterocycles. The quantitative estimate of drug-likeness (QED) is 0.274. The minimum Gasteiger partial charge on any atom is -0.247 e. The van der Waals surface area contributed by atoms with Gasteiger partial charge in [-0.3, -0.25) is 0 Å². The van der Waals surface area contributed by atoms with Gasteiger partial charge in [-0.15, -0.1) is 0 Å². The van der Waals surface area contributed by atoms with Gasteiger partial charge < -0.3 is 0 Å². The van der Waals surface area contributed by atoms with Gasteiger partial charge in [-0.05, 0) is 40.5 Å².